The summed E-state index contributed by atoms with van der Waals surface area (Å²) >= 11 is 0. The van der Waals surface area contributed by atoms with Crippen molar-refractivity contribution in [1.29, 1.82) is 0 Å². The predicted octanol–water partition coefficient (Wildman–Crippen LogP) is 0.651. The first-order chi connectivity index (χ1) is 12.4. The van der Waals surface area contributed by atoms with Crippen LogP contribution in [0.3, 0.4) is 0 Å². The van der Waals surface area contributed by atoms with Crippen LogP contribution < -0.4 is 5.69 Å². The molecule has 2 aromatic rings. The van der Waals surface area contributed by atoms with Crippen LogP contribution in [0, 0.1) is 5.92 Å². The summed E-state index contributed by atoms with van der Waals surface area (Å²) in [7, 11) is -0.269. The number of hydrogen-bond donors (Lipinski definition) is 0. The SMILES string of the molecule is Cn1c(=O)n(C)c2cc(S(=O)(=O)N3CCC(C4OCCO4)CC3)ccc21. The van der Waals surface area contributed by atoms with Crippen LogP contribution >= 0.6 is 0 Å². The molecule has 26 heavy (non-hydrogen) atoms. The molecule has 0 N–H and O–H groups in total. The summed E-state index contributed by atoms with van der Waals surface area (Å²) in [6.45, 7) is 2.11. The van der Waals surface area contributed by atoms with Gasteiger partial charge in [-0.05, 0) is 31.0 Å². The first-order valence-electron chi connectivity index (χ1n) is 8.78. The number of rotatable bonds is 3. The Bertz CT molecular complexity index is 980. The molecule has 0 bridgehead atoms. The minimum atomic E-state index is -3.59. The Morgan fingerprint density at radius 3 is 2.27 bits per heavy atom. The van der Waals surface area contributed by atoms with E-state index in [2.05, 4.69) is 0 Å². The van der Waals surface area contributed by atoms with Crippen molar-refractivity contribution >= 4 is 21.1 Å². The van der Waals surface area contributed by atoms with Crippen molar-refractivity contribution in [3.63, 3.8) is 0 Å². The van der Waals surface area contributed by atoms with E-state index >= 15 is 0 Å². The minimum absolute atomic E-state index is 0.174. The average Bonchev–Trinajstić information content (AvgIpc) is 3.26. The molecule has 3 heterocycles. The number of ether oxygens (including phenoxy) is 2. The summed E-state index contributed by atoms with van der Waals surface area (Å²) in [5, 5.41) is 0. The molecule has 4 rings (SSSR count). The molecule has 2 aliphatic heterocycles. The Kier molecular flexibility index (Phi) is 4.42. The third-order valence-electron chi connectivity index (χ3n) is 5.41. The van der Waals surface area contributed by atoms with Gasteiger partial charge in [0.25, 0.3) is 0 Å². The Morgan fingerprint density at radius 2 is 1.62 bits per heavy atom. The highest BCUT2D eigenvalue weighted by molar-refractivity contribution is 7.89. The van der Waals surface area contributed by atoms with Crippen LogP contribution in [0.15, 0.2) is 27.9 Å². The first-order valence-corrected chi connectivity index (χ1v) is 10.2. The lowest BCUT2D eigenvalue weighted by Crippen LogP contribution is -2.41. The molecule has 0 amide bonds. The van der Waals surface area contributed by atoms with E-state index in [9.17, 15) is 13.2 Å². The van der Waals surface area contributed by atoms with Gasteiger partial charge in [0, 0.05) is 33.1 Å². The molecule has 0 spiro atoms. The van der Waals surface area contributed by atoms with E-state index in [-0.39, 0.29) is 22.8 Å². The van der Waals surface area contributed by atoms with Crippen molar-refractivity contribution in [3.05, 3.63) is 28.7 Å². The minimum Gasteiger partial charge on any atom is -0.350 e. The highest BCUT2D eigenvalue weighted by atomic mass is 32.2. The number of nitrogens with zero attached hydrogens (tertiary/aromatic N) is 3. The van der Waals surface area contributed by atoms with Gasteiger partial charge in [-0.2, -0.15) is 4.31 Å². The average molecular weight is 381 g/mol. The quantitative estimate of drug-likeness (QED) is 0.780. The zero-order valence-electron chi connectivity index (χ0n) is 14.9. The fraction of sp³-hybridized carbons (Fsp3) is 0.588. The Hall–Kier alpha value is -1.68. The molecule has 1 aromatic carbocycles. The van der Waals surface area contributed by atoms with Crippen molar-refractivity contribution < 1.29 is 17.9 Å². The Labute approximate surface area is 152 Å². The zero-order chi connectivity index (χ0) is 18.5. The Morgan fingerprint density at radius 1 is 1.00 bits per heavy atom. The maximum atomic E-state index is 13.0. The van der Waals surface area contributed by atoms with E-state index in [1.165, 1.54) is 13.4 Å². The monoisotopic (exact) mass is 381 g/mol. The second-order valence-corrected chi connectivity index (χ2v) is 8.84. The molecule has 0 atom stereocenters. The van der Waals surface area contributed by atoms with Gasteiger partial charge in [-0.15, -0.1) is 0 Å². The molecule has 9 heteroatoms. The molecule has 1 aromatic heterocycles. The van der Waals surface area contributed by atoms with E-state index in [0.717, 1.165) is 12.8 Å². The van der Waals surface area contributed by atoms with Crippen molar-refractivity contribution in [1.82, 2.24) is 13.4 Å². The van der Waals surface area contributed by atoms with Gasteiger partial charge in [-0.3, -0.25) is 9.13 Å². The molecule has 2 aliphatic rings. The molecule has 0 saturated carbocycles. The third kappa shape index (κ3) is 2.79. The number of aryl methyl sites for hydroxylation is 2. The van der Waals surface area contributed by atoms with Crippen molar-refractivity contribution in [2.75, 3.05) is 26.3 Å². The Balaban J connectivity index is 1.58. The maximum absolute atomic E-state index is 13.0. The van der Waals surface area contributed by atoms with Crippen LogP contribution in [-0.2, 0) is 33.6 Å². The molecule has 0 aliphatic carbocycles. The highest BCUT2D eigenvalue weighted by Crippen LogP contribution is 2.29. The summed E-state index contributed by atoms with van der Waals surface area (Å²) in [5.74, 6) is 0.237. The molecule has 0 unspecified atom stereocenters. The van der Waals surface area contributed by atoms with Crippen LogP contribution in [0.5, 0.6) is 0 Å². The van der Waals surface area contributed by atoms with E-state index < -0.39 is 10.0 Å². The zero-order valence-corrected chi connectivity index (χ0v) is 15.7. The molecule has 142 valence electrons. The molecule has 8 nitrogen and oxygen atoms in total. The van der Waals surface area contributed by atoms with Gasteiger partial charge >= 0.3 is 5.69 Å². The number of hydrogen-bond acceptors (Lipinski definition) is 5. The summed E-state index contributed by atoms with van der Waals surface area (Å²) < 4.78 is 41.7. The number of aromatic nitrogens is 2. The van der Waals surface area contributed by atoms with Crippen molar-refractivity contribution in [2.45, 2.75) is 24.0 Å². The summed E-state index contributed by atoms with van der Waals surface area (Å²) in [5.41, 5.74) is 1.15. The maximum Gasteiger partial charge on any atom is 0.328 e. The number of imidazole rings is 1. The van der Waals surface area contributed by atoms with Gasteiger partial charge in [0.2, 0.25) is 10.0 Å². The summed E-state index contributed by atoms with van der Waals surface area (Å²) in [6.07, 6.45) is 1.24. The number of sulfonamides is 1. The fourth-order valence-corrected chi connectivity index (χ4v) is 5.32. The topological polar surface area (TPSA) is 82.8 Å². The van der Waals surface area contributed by atoms with Crippen molar-refractivity contribution in [2.24, 2.45) is 20.0 Å². The lowest BCUT2D eigenvalue weighted by molar-refractivity contribution is -0.0938. The highest BCUT2D eigenvalue weighted by Gasteiger charge is 2.35. The molecular weight excluding hydrogens is 358 g/mol. The number of fused-ring (bicyclic) bond motifs is 1. The fourth-order valence-electron chi connectivity index (χ4n) is 3.83. The standard InChI is InChI=1S/C17H23N3O5S/c1-18-14-4-3-13(11-15(14)19(2)17(18)21)26(22,23)20-7-5-12(6-8-20)16-24-9-10-25-16/h3-4,11-12,16H,5-10H2,1-2H3. The normalized spacial score (nSPS) is 21.0. The second kappa shape index (κ2) is 6.49. The van der Waals surface area contributed by atoms with Gasteiger partial charge in [-0.1, -0.05) is 0 Å². The summed E-state index contributed by atoms with van der Waals surface area (Å²) in [6, 6.07) is 4.85. The van der Waals surface area contributed by atoms with Gasteiger partial charge in [0.05, 0.1) is 29.1 Å². The van der Waals surface area contributed by atoms with E-state index in [0.29, 0.717) is 37.3 Å². The number of benzene rings is 1. The molecular formula is C17H23N3O5S. The van der Waals surface area contributed by atoms with Crippen LogP contribution in [-0.4, -0.2) is 54.5 Å². The van der Waals surface area contributed by atoms with E-state index in [1.54, 1.807) is 32.3 Å². The van der Waals surface area contributed by atoms with Gasteiger partial charge in [-0.25, -0.2) is 13.2 Å². The van der Waals surface area contributed by atoms with Gasteiger partial charge < -0.3 is 9.47 Å². The van der Waals surface area contributed by atoms with Crippen LogP contribution in [0.25, 0.3) is 11.0 Å². The van der Waals surface area contributed by atoms with E-state index in [4.69, 9.17) is 9.47 Å². The third-order valence-corrected chi connectivity index (χ3v) is 7.31. The van der Waals surface area contributed by atoms with Crippen molar-refractivity contribution in [3.8, 4) is 0 Å². The molecule has 2 saturated heterocycles. The van der Waals surface area contributed by atoms with E-state index in [1.807, 2.05) is 0 Å². The lowest BCUT2D eigenvalue weighted by Gasteiger charge is -2.33. The molecule has 0 radical (unpaired) electrons. The largest absolute Gasteiger partial charge is 0.350 e. The van der Waals surface area contributed by atoms with Gasteiger partial charge in [0.15, 0.2) is 6.29 Å². The lowest BCUT2D eigenvalue weighted by atomic mass is 9.98. The smallest absolute Gasteiger partial charge is 0.328 e. The molecule has 2 fully saturated rings. The van der Waals surface area contributed by atoms with Crippen LogP contribution in [0.4, 0.5) is 0 Å². The number of piperidine rings is 1. The van der Waals surface area contributed by atoms with Crippen LogP contribution in [0.1, 0.15) is 12.8 Å². The van der Waals surface area contributed by atoms with Crippen LogP contribution in [0.2, 0.25) is 0 Å². The first kappa shape index (κ1) is 17.7. The summed E-state index contributed by atoms with van der Waals surface area (Å²) in [4.78, 5) is 12.3. The predicted molar refractivity (Wildman–Crippen MR) is 95.3 cm³/mol. The van der Waals surface area contributed by atoms with Gasteiger partial charge in [0.1, 0.15) is 0 Å². The second-order valence-electron chi connectivity index (χ2n) is 6.90.